The standard InChI is InChI=1S/C20H25N3O3S/c1-2-21-18(24)16-5-3-14(4-6-16)13-17(15-7-10-26-11-8-15)19(25)23-20-22-9-12-27-20/h3-6,9,12,15,17H,2,7-8,10-11,13H2,1H3,(H,21,24)(H,22,23,25). The van der Waals surface area contributed by atoms with Crippen LogP contribution in [0.15, 0.2) is 35.8 Å². The number of amides is 2. The molecule has 2 amide bonds. The number of ether oxygens (including phenoxy) is 1. The van der Waals surface area contributed by atoms with Crippen LogP contribution in [0.25, 0.3) is 0 Å². The Morgan fingerprint density at radius 3 is 2.63 bits per heavy atom. The van der Waals surface area contributed by atoms with Gasteiger partial charge in [-0.25, -0.2) is 4.98 Å². The van der Waals surface area contributed by atoms with Crippen molar-refractivity contribution in [3.05, 3.63) is 47.0 Å². The molecule has 144 valence electrons. The number of carbonyl (C=O) groups excluding carboxylic acids is 2. The molecule has 27 heavy (non-hydrogen) atoms. The summed E-state index contributed by atoms with van der Waals surface area (Å²) in [5, 5.41) is 8.22. The highest BCUT2D eigenvalue weighted by molar-refractivity contribution is 7.13. The quantitative estimate of drug-likeness (QED) is 0.765. The molecule has 2 heterocycles. The van der Waals surface area contributed by atoms with Crippen LogP contribution in [0.3, 0.4) is 0 Å². The normalized spacial score (nSPS) is 15.9. The maximum atomic E-state index is 12.9. The number of anilines is 1. The van der Waals surface area contributed by atoms with Gasteiger partial charge in [0.1, 0.15) is 0 Å². The topological polar surface area (TPSA) is 80.3 Å². The minimum Gasteiger partial charge on any atom is -0.381 e. The molecule has 0 aliphatic carbocycles. The molecule has 7 heteroatoms. The number of hydrogen-bond donors (Lipinski definition) is 2. The van der Waals surface area contributed by atoms with Gasteiger partial charge >= 0.3 is 0 Å². The van der Waals surface area contributed by atoms with Crippen molar-refractivity contribution >= 4 is 28.3 Å². The predicted molar refractivity (Wildman–Crippen MR) is 106 cm³/mol. The van der Waals surface area contributed by atoms with Gasteiger partial charge < -0.3 is 15.4 Å². The van der Waals surface area contributed by atoms with E-state index >= 15 is 0 Å². The van der Waals surface area contributed by atoms with Gasteiger partial charge in [0, 0.05) is 42.8 Å². The van der Waals surface area contributed by atoms with Crippen LogP contribution >= 0.6 is 11.3 Å². The van der Waals surface area contributed by atoms with Crippen LogP contribution in [0.2, 0.25) is 0 Å². The summed E-state index contributed by atoms with van der Waals surface area (Å²) in [6.45, 7) is 3.89. The first-order valence-electron chi connectivity index (χ1n) is 9.32. The van der Waals surface area contributed by atoms with Gasteiger partial charge in [-0.3, -0.25) is 9.59 Å². The number of hydrogen-bond acceptors (Lipinski definition) is 5. The summed E-state index contributed by atoms with van der Waals surface area (Å²) in [5.41, 5.74) is 1.68. The first kappa shape index (κ1) is 19.5. The van der Waals surface area contributed by atoms with Crippen LogP contribution < -0.4 is 10.6 Å². The van der Waals surface area contributed by atoms with Gasteiger partial charge in [0.15, 0.2) is 5.13 Å². The fourth-order valence-electron chi connectivity index (χ4n) is 3.38. The van der Waals surface area contributed by atoms with Gasteiger partial charge in [0.2, 0.25) is 5.91 Å². The summed E-state index contributed by atoms with van der Waals surface area (Å²) in [6.07, 6.45) is 4.08. The van der Waals surface area contributed by atoms with Crippen molar-refractivity contribution in [3.63, 3.8) is 0 Å². The average molecular weight is 388 g/mol. The van der Waals surface area contributed by atoms with E-state index in [0.29, 0.717) is 36.9 Å². The number of rotatable bonds is 7. The Labute approximate surface area is 163 Å². The van der Waals surface area contributed by atoms with Gasteiger partial charge in [0.05, 0.1) is 0 Å². The van der Waals surface area contributed by atoms with Crippen LogP contribution in [-0.4, -0.2) is 36.6 Å². The van der Waals surface area contributed by atoms with Crippen LogP contribution in [-0.2, 0) is 16.0 Å². The molecule has 1 aliphatic rings. The maximum absolute atomic E-state index is 12.9. The van der Waals surface area contributed by atoms with Gasteiger partial charge in [-0.2, -0.15) is 0 Å². The van der Waals surface area contributed by atoms with Crippen molar-refractivity contribution in [2.24, 2.45) is 11.8 Å². The zero-order valence-corrected chi connectivity index (χ0v) is 16.3. The molecular formula is C20H25N3O3S. The fourth-order valence-corrected chi connectivity index (χ4v) is 3.92. The molecule has 1 fully saturated rings. The van der Waals surface area contributed by atoms with Crippen molar-refractivity contribution in [3.8, 4) is 0 Å². The molecule has 0 bridgehead atoms. The number of nitrogens with zero attached hydrogens (tertiary/aromatic N) is 1. The van der Waals surface area contributed by atoms with E-state index < -0.39 is 0 Å². The van der Waals surface area contributed by atoms with Crippen molar-refractivity contribution < 1.29 is 14.3 Å². The lowest BCUT2D eigenvalue weighted by molar-refractivity contribution is -0.122. The molecule has 1 unspecified atom stereocenters. The maximum Gasteiger partial charge on any atom is 0.251 e. The summed E-state index contributed by atoms with van der Waals surface area (Å²) in [7, 11) is 0. The van der Waals surface area contributed by atoms with Crippen LogP contribution in [0.4, 0.5) is 5.13 Å². The van der Waals surface area contributed by atoms with E-state index in [9.17, 15) is 9.59 Å². The summed E-state index contributed by atoms with van der Waals surface area (Å²) in [5.74, 6) is 0.0612. The van der Waals surface area contributed by atoms with Crippen molar-refractivity contribution in [2.75, 3.05) is 25.1 Å². The Kier molecular flexibility index (Phi) is 6.95. The van der Waals surface area contributed by atoms with Gasteiger partial charge in [-0.1, -0.05) is 12.1 Å². The van der Waals surface area contributed by atoms with E-state index in [1.807, 2.05) is 36.6 Å². The van der Waals surface area contributed by atoms with Crippen LogP contribution in [0, 0.1) is 11.8 Å². The highest BCUT2D eigenvalue weighted by Crippen LogP contribution is 2.28. The molecule has 2 N–H and O–H groups in total. The molecule has 1 saturated heterocycles. The van der Waals surface area contributed by atoms with E-state index in [-0.39, 0.29) is 23.7 Å². The molecule has 1 aromatic heterocycles. The molecule has 0 spiro atoms. The van der Waals surface area contributed by atoms with Gasteiger partial charge in [-0.15, -0.1) is 11.3 Å². The average Bonchev–Trinajstić information content (AvgIpc) is 3.20. The van der Waals surface area contributed by atoms with Crippen molar-refractivity contribution in [2.45, 2.75) is 26.2 Å². The van der Waals surface area contributed by atoms with E-state index in [1.165, 1.54) is 11.3 Å². The molecule has 0 saturated carbocycles. The summed E-state index contributed by atoms with van der Waals surface area (Å²) >= 11 is 1.42. The summed E-state index contributed by atoms with van der Waals surface area (Å²) in [6, 6.07) is 7.52. The third-order valence-corrected chi connectivity index (χ3v) is 5.53. The monoisotopic (exact) mass is 387 g/mol. The molecule has 1 aliphatic heterocycles. The van der Waals surface area contributed by atoms with E-state index in [4.69, 9.17) is 4.74 Å². The first-order chi connectivity index (χ1) is 13.2. The van der Waals surface area contributed by atoms with Gasteiger partial charge in [-0.05, 0) is 49.8 Å². The molecular weight excluding hydrogens is 362 g/mol. The van der Waals surface area contributed by atoms with E-state index in [1.54, 1.807) is 6.20 Å². The van der Waals surface area contributed by atoms with Crippen molar-refractivity contribution in [1.82, 2.24) is 10.3 Å². The highest BCUT2D eigenvalue weighted by Gasteiger charge is 2.30. The Balaban J connectivity index is 1.72. The van der Waals surface area contributed by atoms with Crippen LogP contribution in [0.5, 0.6) is 0 Å². The lowest BCUT2D eigenvalue weighted by atomic mass is 9.81. The molecule has 0 radical (unpaired) electrons. The Morgan fingerprint density at radius 2 is 2.00 bits per heavy atom. The van der Waals surface area contributed by atoms with E-state index in [2.05, 4.69) is 15.6 Å². The molecule has 1 aromatic carbocycles. The lowest BCUT2D eigenvalue weighted by Gasteiger charge is -2.29. The van der Waals surface area contributed by atoms with E-state index in [0.717, 1.165) is 18.4 Å². The summed E-state index contributed by atoms with van der Waals surface area (Å²) < 4.78 is 5.46. The largest absolute Gasteiger partial charge is 0.381 e. The second kappa shape index (κ2) is 9.62. The number of aromatic nitrogens is 1. The number of thiazole rings is 1. The molecule has 1 atom stereocenters. The number of benzene rings is 1. The highest BCUT2D eigenvalue weighted by atomic mass is 32.1. The number of nitrogens with one attached hydrogen (secondary N) is 2. The number of carbonyl (C=O) groups is 2. The van der Waals surface area contributed by atoms with Gasteiger partial charge in [0.25, 0.3) is 5.91 Å². The fraction of sp³-hybridized carbons (Fsp3) is 0.450. The smallest absolute Gasteiger partial charge is 0.251 e. The predicted octanol–water partition coefficient (Wildman–Crippen LogP) is 3.12. The second-order valence-electron chi connectivity index (χ2n) is 6.64. The molecule has 6 nitrogen and oxygen atoms in total. The molecule has 3 rings (SSSR count). The van der Waals surface area contributed by atoms with Crippen molar-refractivity contribution in [1.29, 1.82) is 0 Å². The third kappa shape index (κ3) is 5.37. The first-order valence-corrected chi connectivity index (χ1v) is 10.2. The lowest BCUT2D eigenvalue weighted by Crippen LogP contribution is -2.34. The molecule has 2 aromatic rings. The Bertz CT molecular complexity index is 740. The minimum absolute atomic E-state index is 0.00431. The Morgan fingerprint density at radius 1 is 1.26 bits per heavy atom. The Hall–Kier alpha value is -2.25. The summed E-state index contributed by atoms with van der Waals surface area (Å²) in [4.78, 5) is 29.0. The zero-order valence-electron chi connectivity index (χ0n) is 15.4. The second-order valence-corrected chi connectivity index (χ2v) is 7.54. The SMILES string of the molecule is CCNC(=O)c1ccc(CC(C(=O)Nc2nccs2)C2CCOCC2)cc1. The third-order valence-electron chi connectivity index (χ3n) is 4.84. The zero-order chi connectivity index (χ0) is 19.1. The minimum atomic E-state index is -0.145. The van der Waals surface area contributed by atoms with Crippen LogP contribution in [0.1, 0.15) is 35.7 Å².